The molecule has 2 fully saturated rings. The number of rotatable bonds is 2. The van der Waals surface area contributed by atoms with Crippen molar-refractivity contribution in [2.45, 2.75) is 58.0 Å². The second-order valence-electron chi connectivity index (χ2n) is 5.71. The summed E-state index contributed by atoms with van der Waals surface area (Å²) in [6.07, 6.45) is 7.05. The van der Waals surface area contributed by atoms with Crippen molar-refractivity contribution >= 4 is 0 Å². The van der Waals surface area contributed by atoms with Crippen LogP contribution in [0.5, 0.6) is 0 Å². The fraction of sp³-hybridized carbons (Fsp3) is 1.00. The lowest BCUT2D eigenvalue weighted by molar-refractivity contribution is 0.104. The Morgan fingerprint density at radius 2 is 1.93 bits per heavy atom. The zero-order valence-corrected chi connectivity index (χ0v) is 10.3. The molecule has 0 spiro atoms. The largest absolute Gasteiger partial charge is 0.330 e. The normalized spacial score (nSPS) is 43.4. The maximum Gasteiger partial charge on any atom is 0.0124 e. The molecule has 15 heavy (non-hydrogen) atoms. The standard InChI is InChI=1S/C13H26N2/c1-10-5-3-4-6-13(10)15-9-12(8-14)7-11(15)2/h10-13H,3-9,14H2,1-2H3. The van der Waals surface area contributed by atoms with E-state index >= 15 is 0 Å². The van der Waals surface area contributed by atoms with Crippen molar-refractivity contribution in [3.05, 3.63) is 0 Å². The van der Waals surface area contributed by atoms with E-state index in [0.717, 1.165) is 30.5 Å². The second-order valence-corrected chi connectivity index (χ2v) is 5.71. The van der Waals surface area contributed by atoms with E-state index in [2.05, 4.69) is 18.7 Å². The molecule has 2 heteroatoms. The molecular weight excluding hydrogens is 184 g/mol. The zero-order chi connectivity index (χ0) is 10.8. The summed E-state index contributed by atoms with van der Waals surface area (Å²) in [4.78, 5) is 2.75. The van der Waals surface area contributed by atoms with E-state index in [1.54, 1.807) is 0 Å². The van der Waals surface area contributed by atoms with Crippen LogP contribution in [-0.4, -0.2) is 30.1 Å². The number of hydrogen-bond donors (Lipinski definition) is 1. The van der Waals surface area contributed by atoms with Gasteiger partial charge in [-0.15, -0.1) is 0 Å². The quantitative estimate of drug-likeness (QED) is 0.757. The predicted octanol–water partition coefficient (Wildman–Crippen LogP) is 2.23. The molecule has 0 radical (unpaired) electrons. The molecule has 0 amide bonds. The summed E-state index contributed by atoms with van der Waals surface area (Å²) in [5.41, 5.74) is 5.80. The van der Waals surface area contributed by atoms with Crippen LogP contribution >= 0.6 is 0 Å². The van der Waals surface area contributed by atoms with E-state index in [4.69, 9.17) is 5.73 Å². The van der Waals surface area contributed by atoms with Crippen LogP contribution in [0.15, 0.2) is 0 Å². The molecule has 2 rings (SSSR count). The van der Waals surface area contributed by atoms with Gasteiger partial charge in [0.05, 0.1) is 0 Å². The van der Waals surface area contributed by atoms with Crippen LogP contribution in [0.4, 0.5) is 0 Å². The molecule has 0 aromatic heterocycles. The van der Waals surface area contributed by atoms with Crippen molar-refractivity contribution in [2.75, 3.05) is 13.1 Å². The molecule has 0 bridgehead atoms. The summed E-state index contributed by atoms with van der Waals surface area (Å²) >= 11 is 0. The van der Waals surface area contributed by atoms with E-state index in [1.165, 1.54) is 38.6 Å². The van der Waals surface area contributed by atoms with Crippen LogP contribution in [0.1, 0.15) is 46.0 Å². The molecule has 88 valence electrons. The maximum atomic E-state index is 5.80. The molecule has 2 N–H and O–H groups in total. The second kappa shape index (κ2) is 4.84. The van der Waals surface area contributed by atoms with Crippen molar-refractivity contribution in [3.63, 3.8) is 0 Å². The van der Waals surface area contributed by atoms with Crippen LogP contribution < -0.4 is 5.73 Å². The van der Waals surface area contributed by atoms with Crippen LogP contribution in [0.25, 0.3) is 0 Å². The molecule has 0 aromatic rings. The summed E-state index contributed by atoms with van der Waals surface area (Å²) in [5.74, 6) is 1.66. The van der Waals surface area contributed by atoms with Gasteiger partial charge in [0.15, 0.2) is 0 Å². The molecule has 1 aliphatic heterocycles. The van der Waals surface area contributed by atoms with Gasteiger partial charge in [-0.3, -0.25) is 4.90 Å². The van der Waals surface area contributed by atoms with Crippen LogP contribution in [-0.2, 0) is 0 Å². The summed E-state index contributed by atoms with van der Waals surface area (Å²) < 4.78 is 0. The third kappa shape index (κ3) is 2.36. The van der Waals surface area contributed by atoms with Crippen molar-refractivity contribution < 1.29 is 0 Å². The van der Waals surface area contributed by atoms with Gasteiger partial charge in [0, 0.05) is 18.6 Å². The summed E-state index contributed by atoms with van der Waals surface area (Å²) in [6, 6.07) is 1.62. The highest BCUT2D eigenvalue weighted by Gasteiger charge is 2.36. The van der Waals surface area contributed by atoms with Crippen LogP contribution in [0, 0.1) is 11.8 Å². The molecule has 2 nitrogen and oxygen atoms in total. The molecule has 4 unspecified atom stereocenters. The molecule has 1 heterocycles. The van der Waals surface area contributed by atoms with Gasteiger partial charge < -0.3 is 5.73 Å². The molecular formula is C13H26N2. The maximum absolute atomic E-state index is 5.80. The number of hydrogen-bond acceptors (Lipinski definition) is 2. The van der Waals surface area contributed by atoms with E-state index < -0.39 is 0 Å². The van der Waals surface area contributed by atoms with Crippen molar-refractivity contribution in [1.82, 2.24) is 4.90 Å². The van der Waals surface area contributed by atoms with Crippen molar-refractivity contribution in [3.8, 4) is 0 Å². The Kier molecular flexibility index (Phi) is 3.68. The van der Waals surface area contributed by atoms with Gasteiger partial charge in [0.25, 0.3) is 0 Å². The summed E-state index contributed by atoms with van der Waals surface area (Å²) in [7, 11) is 0. The van der Waals surface area contributed by atoms with Gasteiger partial charge >= 0.3 is 0 Å². The van der Waals surface area contributed by atoms with Gasteiger partial charge in [-0.1, -0.05) is 19.8 Å². The molecule has 1 saturated heterocycles. The fourth-order valence-electron chi connectivity index (χ4n) is 3.59. The lowest BCUT2D eigenvalue weighted by Crippen LogP contribution is -2.43. The highest BCUT2D eigenvalue weighted by Crippen LogP contribution is 2.34. The Hall–Kier alpha value is -0.0800. The third-order valence-corrected chi connectivity index (χ3v) is 4.54. The Labute approximate surface area is 94.2 Å². The Balaban J connectivity index is 1.97. The third-order valence-electron chi connectivity index (χ3n) is 4.54. The molecule has 1 aliphatic carbocycles. The first kappa shape index (κ1) is 11.4. The number of nitrogens with two attached hydrogens (primary N) is 1. The average Bonchev–Trinajstić information content (AvgIpc) is 2.60. The highest BCUT2D eigenvalue weighted by molar-refractivity contribution is 4.90. The summed E-state index contributed by atoms with van der Waals surface area (Å²) in [6.45, 7) is 6.96. The smallest absolute Gasteiger partial charge is 0.0124 e. The number of likely N-dealkylation sites (tertiary alicyclic amines) is 1. The SMILES string of the molecule is CC1CCCCC1N1CC(CN)CC1C. The van der Waals surface area contributed by atoms with Gasteiger partial charge in [-0.05, 0) is 44.6 Å². The molecule has 0 aromatic carbocycles. The first-order valence-corrected chi connectivity index (χ1v) is 6.68. The Morgan fingerprint density at radius 1 is 1.20 bits per heavy atom. The van der Waals surface area contributed by atoms with Gasteiger partial charge in [-0.25, -0.2) is 0 Å². The average molecular weight is 210 g/mol. The minimum Gasteiger partial charge on any atom is -0.330 e. The topological polar surface area (TPSA) is 29.3 Å². The first-order valence-electron chi connectivity index (χ1n) is 6.68. The molecule has 4 atom stereocenters. The lowest BCUT2D eigenvalue weighted by Gasteiger charge is -2.38. The Bertz CT molecular complexity index is 205. The highest BCUT2D eigenvalue weighted by atomic mass is 15.2. The Morgan fingerprint density at radius 3 is 2.53 bits per heavy atom. The van der Waals surface area contributed by atoms with E-state index in [0.29, 0.717) is 0 Å². The van der Waals surface area contributed by atoms with Crippen molar-refractivity contribution in [1.29, 1.82) is 0 Å². The van der Waals surface area contributed by atoms with Gasteiger partial charge in [0.2, 0.25) is 0 Å². The minimum absolute atomic E-state index is 0.758. The van der Waals surface area contributed by atoms with Crippen LogP contribution in [0.3, 0.4) is 0 Å². The van der Waals surface area contributed by atoms with E-state index in [1.807, 2.05) is 0 Å². The van der Waals surface area contributed by atoms with Crippen LogP contribution in [0.2, 0.25) is 0 Å². The monoisotopic (exact) mass is 210 g/mol. The van der Waals surface area contributed by atoms with Gasteiger partial charge in [-0.2, -0.15) is 0 Å². The fourth-order valence-corrected chi connectivity index (χ4v) is 3.59. The lowest BCUT2D eigenvalue weighted by atomic mass is 9.84. The van der Waals surface area contributed by atoms with E-state index in [-0.39, 0.29) is 0 Å². The van der Waals surface area contributed by atoms with Gasteiger partial charge in [0.1, 0.15) is 0 Å². The van der Waals surface area contributed by atoms with E-state index in [9.17, 15) is 0 Å². The summed E-state index contributed by atoms with van der Waals surface area (Å²) in [5, 5.41) is 0. The molecule has 2 aliphatic rings. The minimum atomic E-state index is 0.758. The number of nitrogens with zero attached hydrogens (tertiary/aromatic N) is 1. The van der Waals surface area contributed by atoms with Crippen molar-refractivity contribution in [2.24, 2.45) is 17.6 Å². The first-order chi connectivity index (χ1) is 7.22. The zero-order valence-electron chi connectivity index (χ0n) is 10.3. The molecule has 1 saturated carbocycles. The predicted molar refractivity (Wildman–Crippen MR) is 64.7 cm³/mol.